The maximum absolute atomic E-state index is 13.8. The summed E-state index contributed by atoms with van der Waals surface area (Å²) >= 11 is 1.53. The van der Waals surface area contributed by atoms with Crippen LogP contribution >= 0.6 is 11.8 Å². The van der Waals surface area contributed by atoms with Crippen molar-refractivity contribution in [1.29, 1.82) is 0 Å². The molecule has 44 heavy (non-hydrogen) atoms. The van der Waals surface area contributed by atoms with Crippen LogP contribution in [0.15, 0.2) is 30.3 Å². The number of ether oxygens (including phenoxy) is 1. The van der Waals surface area contributed by atoms with Crippen molar-refractivity contribution < 1.29 is 28.7 Å². The first-order valence-corrected chi connectivity index (χ1v) is 17.1. The topological polar surface area (TPSA) is 143 Å². The standard InChI is InChI=1S/C33H54N4O6S/c1-9-23(7)29(37-30(39)25(16-17-44-8)36-33(42)43-20-22(5)6)32(41)35-27(19-24-14-12-11-13-15-24)31(40)34-26(18-21(3)4)28(38)10-2/h11-15,21-23,25-27,29H,9-10,16-20H2,1-8H3,(H,34,40)(H,35,41)(H,36,42)(H,37,39). The summed E-state index contributed by atoms with van der Waals surface area (Å²) in [6, 6.07) is 5.79. The lowest BCUT2D eigenvalue weighted by Crippen LogP contribution is -2.59. The summed E-state index contributed by atoms with van der Waals surface area (Å²) in [6.45, 7) is 13.5. The van der Waals surface area contributed by atoms with E-state index < -0.39 is 48.0 Å². The highest BCUT2D eigenvalue weighted by Gasteiger charge is 2.33. The van der Waals surface area contributed by atoms with Crippen molar-refractivity contribution in [3.63, 3.8) is 0 Å². The van der Waals surface area contributed by atoms with Gasteiger partial charge in [0.05, 0.1) is 12.6 Å². The van der Waals surface area contributed by atoms with Crippen LogP contribution in [0.4, 0.5) is 4.79 Å². The monoisotopic (exact) mass is 634 g/mol. The Morgan fingerprint density at radius 1 is 0.773 bits per heavy atom. The molecule has 0 saturated heterocycles. The van der Waals surface area contributed by atoms with E-state index in [9.17, 15) is 24.0 Å². The number of carbonyl (C=O) groups is 5. The first-order chi connectivity index (χ1) is 20.8. The van der Waals surface area contributed by atoms with Crippen molar-refractivity contribution in [3.05, 3.63) is 35.9 Å². The van der Waals surface area contributed by atoms with Crippen molar-refractivity contribution in [1.82, 2.24) is 21.3 Å². The summed E-state index contributed by atoms with van der Waals surface area (Å²) in [6.07, 6.45) is 3.11. The van der Waals surface area contributed by atoms with Gasteiger partial charge in [0.15, 0.2) is 5.78 Å². The third kappa shape index (κ3) is 14.6. The third-order valence-corrected chi connectivity index (χ3v) is 7.88. The van der Waals surface area contributed by atoms with Crippen LogP contribution in [-0.2, 0) is 30.3 Å². The lowest BCUT2D eigenvalue weighted by molar-refractivity contribution is -0.134. The fourth-order valence-corrected chi connectivity index (χ4v) is 4.94. The van der Waals surface area contributed by atoms with Gasteiger partial charge in [0.1, 0.15) is 18.1 Å². The first-order valence-electron chi connectivity index (χ1n) is 15.7. The molecule has 1 rings (SSSR count). The summed E-state index contributed by atoms with van der Waals surface area (Å²) in [5.41, 5.74) is 0.834. The molecule has 5 atom stereocenters. The van der Waals surface area contributed by atoms with Crippen LogP contribution in [-0.4, -0.2) is 72.4 Å². The van der Waals surface area contributed by atoms with Crippen LogP contribution in [0.2, 0.25) is 0 Å². The van der Waals surface area contributed by atoms with Crippen LogP contribution in [0.25, 0.3) is 0 Å². The van der Waals surface area contributed by atoms with Gasteiger partial charge in [-0.2, -0.15) is 11.8 Å². The van der Waals surface area contributed by atoms with Crippen LogP contribution in [0, 0.1) is 17.8 Å². The van der Waals surface area contributed by atoms with Gasteiger partial charge in [-0.25, -0.2) is 4.79 Å². The Hall–Kier alpha value is -3.08. The Bertz CT molecular complexity index is 1050. The Morgan fingerprint density at radius 2 is 1.39 bits per heavy atom. The molecule has 4 amide bonds. The van der Waals surface area contributed by atoms with Crippen LogP contribution in [0.1, 0.15) is 79.7 Å². The summed E-state index contributed by atoms with van der Waals surface area (Å²) in [5.74, 6) is -0.904. The Labute approximate surface area is 268 Å². The highest BCUT2D eigenvalue weighted by Crippen LogP contribution is 2.13. The quantitative estimate of drug-likeness (QED) is 0.168. The molecule has 0 aliphatic heterocycles. The second-order valence-corrected chi connectivity index (χ2v) is 13.1. The molecule has 0 spiro atoms. The zero-order valence-corrected chi connectivity index (χ0v) is 28.6. The smallest absolute Gasteiger partial charge is 0.407 e. The molecule has 4 N–H and O–H groups in total. The molecule has 11 heteroatoms. The number of benzene rings is 1. The van der Waals surface area contributed by atoms with Gasteiger partial charge >= 0.3 is 6.09 Å². The highest BCUT2D eigenvalue weighted by atomic mass is 32.2. The van der Waals surface area contributed by atoms with Crippen LogP contribution < -0.4 is 21.3 Å². The molecule has 0 fully saturated rings. The second-order valence-electron chi connectivity index (χ2n) is 12.1. The summed E-state index contributed by atoms with van der Waals surface area (Å²) in [4.78, 5) is 65.9. The number of carbonyl (C=O) groups excluding carboxylic acids is 5. The van der Waals surface area contributed by atoms with Gasteiger partial charge in [-0.05, 0) is 48.2 Å². The van der Waals surface area contributed by atoms with Gasteiger partial charge in [-0.1, -0.05) is 85.2 Å². The van der Waals surface area contributed by atoms with Gasteiger partial charge < -0.3 is 26.0 Å². The van der Waals surface area contributed by atoms with Gasteiger partial charge in [0, 0.05) is 12.8 Å². The van der Waals surface area contributed by atoms with Gasteiger partial charge in [0.2, 0.25) is 17.7 Å². The van der Waals surface area contributed by atoms with E-state index in [0.717, 1.165) is 5.56 Å². The second kappa shape index (κ2) is 20.8. The average Bonchev–Trinajstić information content (AvgIpc) is 2.99. The lowest BCUT2D eigenvalue weighted by atomic mass is 9.96. The summed E-state index contributed by atoms with van der Waals surface area (Å²) in [7, 11) is 0. The molecular formula is C33H54N4O6S. The number of amides is 4. The number of nitrogens with one attached hydrogen (secondary N) is 4. The van der Waals surface area contributed by atoms with Crippen molar-refractivity contribution in [2.45, 2.75) is 105 Å². The van der Waals surface area contributed by atoms with Gasteiger partial charge in [-0.3, -0.25) is 19.2 Å². The summed E-state index contributed by atoms with van der Waals surface area (Å²) in [5, 5.41) is 11.2. The third-order valence-electron chi connectivity index (χ3n) is 7.24. The fraction of sp³-hybridized carbons (Fsp3) is 0.667. The van der Waals surface area contributed by atoms with E-state index >= 15 is 0 Å². The Morgan fingerprint density at radius 3 is 1.93 bits per heavy atom. The van der Waals surface area contributed by atoms with E-state index in [1.165, 1.54) is 11.8 Å². The van der Waals surface area contributed by atoms with E-state index in [-0.39, 0.29) is 43.0 Å². The number of alkyl carbamates (subject to hydrolysis) is 1. The minimum Gasteiger partial charge on any atom is -0.449 e. The molecule has 0 saturated carbocycles. The lowest BCUT2D eigenvalue weighted by Gasteiger charge is -2.29. The van der Waals surface area contributed by atoms with E-state index in [1.807, 2.05) is 78.1 Å². The van der Waals surface area contributed by atoms with E-state index in [4.69, 9.17) is 4.74 Å². The number of ketones is 1. The molecule has 248 valence electrons. The molecule has 10 nitrogen and oxygen atoms in total. The number of Topliss-reactive ketones (excluding diaryl/α,β-unsaturated/α-hetero) is 1. The summed E-state index contributed by atoms with van der Waals surface area (Å²) < 4.78 is 5.22. The molecule has 0 aromatic heterocycles. The highest BCUT2D eigenvalue weighted by molar-refractivity contribution is 7.98. The zero-order chi connectivity index (χ0) is 33.2. The van der Waals surface area contributed by atoms with Crippen LogP contribution in [0.3, 0.4) is 0 Å². The molecule has 0 aliphatic rings. The molecule has 0 heterocycles. The van der Waals surface area contributed by atoms with Gasteiger partial charge in [-0.15, -0.1) is 0 Å². The minimum absolute atomic E-state index is 0.0720. The number of thioether (sulfide) groups is 1. The predicted molar refractivity (Wildman–Crippen MR) is 176 cm³/mol. The molecule has 5 unspecified atom stereocenters. The van der Waals surface area contributed by atoms with Crippen LogP contribution in [0.5, 0.6) is 0 Å². The van der Waals surface area contributed by atoms with E-state index in [2.05, 4.69) is 21.3 Å². The number of hydrogen-bond donors (Lipinski definition) is 4. The fourth-order valence-electron chi connectivity index (χ4n) is 4.47. The number of rotatable bonds is 20. The Balaban J connectivity index is 3.23. The predicted octanol–water partition coefficient (Wildman–Crippen LogP) is 4.26. The zero-order valence-electron chi connectivity index (χ0n) is 27.7. The van der Waals surface area contributed by atoms with Crippen molar-refractivity contribution in [2.24, 2.45) is 17.8 Å². The van der Waals surface area contributed by atoms with Crippen molar-refractivity contribution in [2.75, 3.05) is 18.6 Å². The van der Waals surface area contributed by atoms with Crippen molar-refractivity contribution in [3.8, 4) is 0 Å². The molecular weight excluding hydrogens is 580 g/mol. The minimum atomic E-state index is -0.982. The average molecular weight is 635 g/mol. The van der Waals surface area contributed by atoms with E-state index in [1.54, 1.807) is 6.92 Å². The normalized spacial score (nSPS) is 14.6. The first kappa shape index (κ1) is 38.9. The molecule has 0 radical (unpaired) electrons. The molecule has 0 bridgehead atoms. The SMILES string of the molecule is CCC(=O)C(CC(C)C)NC(=O)C(Cc1ccccc1)NC(=O)C(NC(=O)C(CCSC)NC(=O)OCC(C)C)C(C)CC. The molecule has 1 aromatic rings. The molecule has 0 aliphatic carbocycles. The number of hydrogen-bond acceptors (Lipinski definition) is 7. The largest absolute Gasteiger partial charge is 0.449 e. The molecule has 1 aromatic carbocycles. The maximum Gasteiger partial charge on any atom is 0.407 e. The maximum atomic E-state index is 13.8. The van der Waals surface area contributed by atoms with E-state index in [0.29, 0.717) is 25.0 Å². The van der Waals surface area contributed by atoms with Gasteiger partial charge in [0.25, 0.3) is 0 Å². The van der Waals surface area contributed by atoms with Crippen molar-refractivity contribution >= 4 is 41.4 Å². The Kier molecular flexibility index (Phi) is 18.4.